The summed E-state index contributed by atoms with van der Waals surface area (Å²) < 4.78 is 5.25. The van der Waals surface area contributed by atoms with E-state index in [9.17, 15) is 4.79 Å². The molecule has 1 aliphatic carbocycles. The summed E-state index contributed by atoms with van der Waals surface area (Å²) in [7, 11) is 1.67. The van der Waals surface area contributed by atoms with Crippen LogP contribution in [0, 0.1) is 11.8 Å². The van der Waals surface area contributed by atoms with Crippen LogP contribution >= 0.6 is 0 Å². The number of hydrogen-bond donors (Lipinski definition) is 1. The Morgan fingerprint density at radius 3 is 2.48 bits per heavy atom. The molecule has 1 saturated carbocycles. The van der Waals surface area contributed by atoms with Crippen LogP contribution in [-0.2, 0) is 4.79 Å². The third-order valence-electron chi connectivity index (χ3n) is 5.61. The maximum absolute atomic E-state index is 12.9. The fourth-order valence-corrected chi connectivity index (χ4v) is 3.81. The van der Waals surface area contributed by atoms with Gasteiger partial charge in [-0.3, -0.25) is 9.78 Å². The largest absolute Gasteiger partial charge is 0.497 e. The normalized spacial score (nSPS) is 18.8. The van der Waals surface area contributed by atoms with Crippen LogP contribution in [0.25, 0.3) is 0 Å². The van der Waals surface area contributed by atoms with Crippen molar-refractivity contribution >= 4 is 11.7 Å². The summed E-state index contributed by atoms with van der Waals surface area (Å²) in [5.74, 6) is 2.54. The predicted octanol–water partition coefficient (Wildman–Crippen LogP) is 2.97. The Balaban J connectivity index is 1.36. The zero-order valence-electron chi connectivity index (χ0n) is 15.7. The summed E-state index contributed by atoms with van der Waals surface area (Å²) in [6.45, 7) is 1.68. The number of nitrogens with one attached hydrogen (secondary N) is 1. The first kappa shape index (κ1) is 17.8. The molecule has 1 amide bonds. The molecule has 0 radical (unpaired) electrons. The van der Waals surface area contributed by atoms with Crippen molar-refractivity contribution in [2.75, 3.05) is 25.1 Å². The summed E-state index contributed by atoms with van der Waals surface area (Å²) in [5.41, 5.74) is 1.17. The first-order chi connectivity index (χ1) is 13.2. The summed E-state index contributed by atoms with van der Waals surface area (Å²) in [6, 6.07) is 8.19. The third-order valence-corrected chi connectivity index (χ3v) is 5.61. The van der Waals surface area contributed by atoms with Gasteiger partial charge in [-0.2, -0.15) is 0 Å². The maximum atomic E-state index is 12.9. The Morgan fingerprint density at radius 2 is 1.89 bits per heavy atom. The molecule has 1 aromatic carbocycles. The lowest BCUT2D eigenvalue weighted by molar-refractivity contribution is -0.126. The van der Waals surface area contributed by atoms with E-state index in [2.05, 4.69) is 32.3 Å². The minimum Gasteiger partial charge on any atom is -0.497 e. The minimum atomic E-state index is 0.0671. The fourth-order valence-electron chi connectivity index (χ4n) is 3.81. The van der Waals surface area contributed by atoms with Gasteiger partial charge in [-0.15, -0.1) is 0 Å². The Kier molecular flexibility index (Phi) is 5.23. The second kappa shape index (κ2) is 7.94. The molecule has 1 aromatic heterocycles. The molecular weight excluding hydrogens is 340 g/mol. The molecular formula is C21H26N4O2. The third kappa shape index (κ3) is 4.21. The van der Waals surface area contributed by atoms with Crippen LogP contribution in [-0.4, -0.2) is 36.1 Å². The molecule has 6 nitrogen and oxygen atoms in total. The minimum absolute atomic E-state index is 0.0671. The van der Waals surface area contributed by atoms with Gasteiger partial charge in [0.05, 0.1) is 19.3 Å². The van der Waals surface area contributed by atoms with Crippen molar-refractivity contribution in [1.82, 2.24) is 15.3 Å². The number of rotatable bonds is 6. The molecule has 4 rings (SSSR count). The lowest BCUT2D eigenvalue weighted by Gasteiger charge is -2.32. The summed E-state index contributed by atoms with van der Waals surface area (Å²) in [5, 5.41) is 3.33. The van der Waals surface area contributed by atoms with E-state index in [1.54, 1.807) is 25.7 Å². The first-order valence-electron chi connectivity index (χ1n) is 9.70. The van der Waals surface area contributed by atoms with E-state index >= 15 is 0 Å². The van der Waals surface area contributed by atoms with E-state index in [4.69, 9.17) is 4.74 Å². The first-order valence-corrected chi connectivity index (χ1v) is 9.70. The zero-order chi connectivity index (χ0) is 18.6. The molecule has 2 fully saturated rings. The van der Waals surface area contributed by atoms with E-state index in [0.717, 1.165) is 37.5 Å². The summed E-state index contributed by atoms with van der Waals surface area (Å²) in [4.78, 5) is 23.6. The second-order valence-electron chi connectivity index (χ2n) is 7.42. The van der Waals surface area contributed by atoms with E-state index in [0.29, 0.717) is 5.92 Å². The number of methoxy groups -OCH3 is 1. The number of piperidine rings is 1. The smallest absolute Gasteiger partial charge is 0.223 e. The van der Waals surface area contributed by atoms with Crippen LogP contribution in [0.15, 0.2) is 42.9 Å². The van der Waals surface area contributed by atoms with Crippen molar-refractivity contribution in [3.8, 4) is 5.75 Å². The molecule has 1 unspecified atom stereocenters. The van der Waals surface area contributed by atoms with Crippen LogP contribution in [0.4, 0.5) is 5.82 Å². The molecule has 0 spiro atoms. The van der Waals surface area contributed by atoms with Gasteiger partial charge in [-0.05, 0) is 49.3 Å². The van der Waals surface area contributed by atoms with Crippen LogP contribution in [0.1, 0.15) is 37.3 Å². The number of anilines is 1. The summed E-state index contributed by atoms with van der Waals surface area (Å²) >= 11 is 0. The zero-order valence-corrected chi connectivity index (χ0v) is 15.7. The lowest BCUT2D eigenvalue weighted by atomic mass is 9.94. The van der Waals surface area contributed by atoms with Crippen LogP contribution in [0.5, 0.6) is 5.75 Å². The molecule has 142 valence electrons. The molecule has 0 bridgehead atoms. The second-order valence-corrected chi connectivity index (χ2v) is 7.42. The Bertz CT molecular complexity index is 754. The number of carbonyl (C=O) groups excluding carboxylic acids is 1. The van der Waals surface area contributed by atoms with Crippen molar-refractivity contribution in [1.29, 1.82) is 0 Å². The van der Waals surface area contributed by atoms with Gasteiger partial charge in [0.1, 0.15) is 11.6 Å². The van der Waals surface area contributed by atoms with Crippen molar-refractivity contribution in [2.24, 2.45) is 11.8 Å². The fraction of sp³-hybridized carbons (Fsp3) is 0.476. The highest BCUT2D eigenvalue weighted by Crippen LogP contribution is 2.41. The van der Waals surface area contributed by atoms with Crippen molar-refractivity contribution < 1.29 is 9.53 Å². The van der Waals surface area contributed by atoms with Gasteiger partial charge in [0.15, 0.2) is 0 Å². The molecule has 27 heavy (non-hydrogen) atoms. The average molecular weight is 366 g/mol. The van der Waals surface area contributed by atoms with Crippen molar-refractivity contribution in [3.63, 3.8) is 0 Å². The molecule has 1 atom stereocenters. The van der Waals surface area contributed by atoms with E-state index in [1.807, 2.05) is 12.1 Å². The van der Waals surface area contributed by atoms with Gasteiger partial charge in [0.25, 0.3) is 0 Å². The van der Waals surface area contributed by atoms with Gasteiger partial charge < -0.3 is 15.0 Å². The molecule has 1 N–H and O–H groups in total. The Hall–Kier alpha value is -2.63. The Morgan fingerprint density at radius 1 is 1.15 bits per heavy atom. The van der Waals surface area contributed by atoms with E-state index < -0.39 is 0 Å². The molecule has 2 heterocycles. The number of ether oxygens (including phenoxy) is 1. The van der Waals surface area contributed by atoms with Gasteiger partial charge in [0.2, 0.25) is 5.91 Å². The Labute approximate surface area is 160 Å². The maximum Gasteiger partial charge on any atom is 0.223 e. The SMILES string of the molecule is COc1ccc(C(NC(=O)C2CCN(c3cnccn3)CC2)C2CC2)cc1. The number of hydrogen-bond acceptors (Lipinski definition) is 5. The van der Waals surface area contributed by atoms with E-state index in [1.165, 1.54) is 18.4 Å². The number of amides is 1. The summed E-state index contributed by atoms with van der Waals surface area (Å²) in [6.07, 6.45) is 9.24. The highest BCUT2D eigenvalue weighted by atomic mass is 16.5. The van der Waals surface area contributed by atoms with Crippen molar-refractivity contribution in [3.05, 3.63) is 48.4 Å². The number of benzene rings is 1. The highest BCUT2D eigenvalue weighted by molar-refractivity contribution is 5.79. The number of carbonyl (C=O) groups is 1. The van der Waals surface area contributed by atoms with Gasteiger partial charge in [-0.1, -0.05) is 12.1 Å². The quantitative estimate of drug-likeness (QED) is 0.851. The monoisotopic (exact) mass is 366 g/mol. The highest BCUT2D eigenvalue weighted by Gasteiger charge is 2.35. The van der Waals surface area contributed by atoms with Gasteiger partial charge >= 0.3 is 0 Å². The molecule has 1 aliphatic heterocycles. The van der Waals surface area contributed by atoms with Gasteiger partial charge in [0, 0.05) is 31.4 Å². The predicted molar refractivity (Wildman–Crippen MR) is 104 cm³/mol. The molecule has 1 saturated heterocycles. The number of nitrogens with zero attached hydrogens (tertiary/aromatic N) is 3. The molecule has 6 heteroatoms. The van der Waals surface area contributed by atoms with Crippen LogP contribution in [0.3, 0.4) is 0 Å². The van der Waals surface area contributed by atoms with E-state index in [-0.39, 0.29) is 17.9 Å². The van der Waals surface area contributed by atoms with Crippen molar-refractivity contribution in [2.45, 2.75) is 31.7 Å². The van der Waals surface area contributed by atoms with Crippen LogP contribution < -0.4 is 15.0 Å². The molecule has 2 aromatic rings. The van der Waals surface area contributed by atoms with Crippen LogP contribution in [0.2, 0.25) is 0 Å². The molecule has 2 aliphatic rings. The topological polar surface area (TPSA) is 67.3 Å². The average Bonchev–Trinajstić information content (AvgIpc) is 3.58. The number of aromatic nitrogens is 2. The van der Waals surface area contributed by atoms with Gasteiger partial charge in [-0.25, -0.2) is 4.98 Å². The standard InChI is InChI=1S/C21H26N4O2/c1-27-18-6-4-16(5-7-18)20(15-2-3-15)24-21(26)17-8-12-25(13-9-17)19-14-22-10-11-23-19/h4-7,10-11,14-15,17,20H,2-3,8-9,12-13H2,1H3,(H,24,26). The lowest BCUT2D eigenvalue weighted by Crippen LogP contribution is -2.42.